The lowest BCUT2D eigenvalue weighted by Gasteiger charge is -2.04. The molecule has 0 unspecified atom stereocenters. The standard InChI is InChI=1S/C13H15ClIN3S/c1-8(2)6-16-7-12-17-18-13(19-12)10-5-9(14)3-4-11(10)15/h3-5,8,16H,6-7H2,1-2H3. The van der Waals surface area contributed by atoms with Gasteiger partial charge >= 0.3 is 0 Å². The summed E-state index contributed by atoms with van der Waals surface area (Å²) in [6, 6.07) is 5.82. The van der Waals surface area contributed by atoms with E-state index in [2.05, 4.69) is 52.0 Å². The molecule has 0 atom stereocenters. The van der Waals surface area contributed by atoms with Gasteiger partial charge in [-0.3, -0.25) is 0 Å². The molecule has 0 fully saturated rings. The van der Waals surface area contributed by atoms with Gasteiger partial charge in [0.15, 0.2) is 0 Å². The van der Waals surface area contributed by atoms with Gasteiger partial charge in [0.2, 0.25) is 0 Å². The van der Waals surface area contributed by atoms with Crippen LogP contribution < -0.4 is 5.32 Å². The Kier molecular flexibility index (Phi) is 5.56. The van der Waals surface area contributed by atoms with Crippen LogP contribution in [0.1, 0.15) is 18.9 Å². The quantitative estimate of drug-likeness (QED) is 0.755. The first-order chi connectivity index (χ1) is 9.06. The van der Waals surface area contributed by atoms with Crippen LogP contribution in [0.2, 0.25) is 5.02 Å². The lowest BCUT2D eigenvalue weighted by Crippen LogP contribution is -2.18. The Balaban J connectivity index is 2.10. The fraction of sp³-hybridized carbons (Fsp3) is 0.385. The summed E-state index contributed by atoms with van der Waals surface area (Å²) in [5.41, 5.74) is 1.06. The lowest BCUT2D eigenvalue weighted by molar-refractivity contribution is 0.550. The molecule has 0 saturated heterocycles. The summed E-state index contributed by atoms with van der Waals surface area (Å²) < 4.78 is 1.14. The van der Waals surface area contributed by atoms with Gasteiger partial charge in [-0.2, -0.15) is 0 Å². The van der Waals surface area contributed by atoms with Crippen LogP contribution in [0.5, 0.6) is 0 Å². The number of aromatic nitrogens is 2. The molecular weight excluding hydrogens is 393 g/mol. The van der Waals surface area contributed by atoms with Crippen LogP contribution in [-0.4, -0.2) is 16.7 Å². The van der Waals surface area contributed by atoms with E-state index in [9.17, 15) is 0 Å². The number of halogens is 2. The Bertz CT molecular complexity index is 557. The topological polar surface area (TPSA) is 37.8 Å². The summed E-state index contributed by atoms with van der Waals surface area (Å²) in [6.45, 7) is 6.14. The van der Waals surface area contributed by atoms with Crippen molar-refractivity contribution in [3.63, 3.8) is 0 Å². The van der Waals surface area contributed by atoms with Gasteiger partial charge in [-0.25, -0.2) is 0 Å². The second-order valence-corrected chi connectivity index (χ2v) is 7.31. The first-order valence-corrected chi connectivity index (χ1v) is 8.32. The highest BCUT2D eigenvalue weighted by Gasteiger charge is 2.10. The van der Waals surface area contributed by atoms with Crippen LogP contribution in [0.15, 0.2) is 18.2 Å². The van der Waals surface area contributed by atoms with Gasteiger partial charge in [0.05, 0.1) is 0 Å². The van der Waals surface area contributed by atoms with Crippen LogP contribution in [0.4, 0.5) is 0 Å². The van der Waals surface area contributed by atoms with Gasteiger partial charge in [-0.05, 0) is 53.3 Å². The Morgan fingerprint density at radius 3 is 2.89 bits per heavy atom. The molecule has 2 aromatic rings. The van der Waals surface area contributed by atoms with Gasteiger partial charge in [-0.15, -0.1) is 10.2 Å². The fourth-order valence-corrected chi connectivity index (χ4v) is 3.35. The smallest absolute Gasteiger partial charge is 0.148 e. The minimum absolute atomic E-state index is 0.640. The largest absolute Gasteiger partial charge is 0.310 e. The third kappa shape index (κ3) is 4.37. The average molecular weight is 408 g/mol. The fourth-order valence-electron chi connectivity index (χ4n) is 1.56. The third-order valence-electron chi connectivity index (χ3n) is 2.45. The first-order valence-electron chi connectivity index (χ1n) is 6.05. The van der Waals surface area contributed by atoms with E-state index >= 15 is 0 Å². The van der Waals surface area contributed by atoms with Crippen molar-refractivity contribution in [1.82, 2.24) is 15.5 Å². The molecule has 0 bridgehead atoms. The van der Waals surface area contributed by atoms with Crippen LogP contribution in [0, 0.1) is 9.49 Å². The van der Waals surface area contributed by atoms with Gasteiger partial charge in [0.25, 0.3) is 0 Å². The maximum atomic E-state index is 6.03. The molecule has 3 nitrogen and oxygen atoms in total. The number of rotatable bonds is 5. The first kappa shape index (κ1) is 15.2. The van der Waals surface area contributed by atoms with Gasteiger partial charge < -0.3 is 5.32 Å². The molecular formula is C13H15ClIN3S. The number of hydrogen-bond donors (Lipinski definition) is 1. The molecule has 0 radical (unpaired) electrons. The molecule has 1 aromatic carbocycles. The maximum absolute atomic E-state index is 6.03. The maximum Gasteiger partial charge on any atom is 0.148 e. The zero-order valence-electron chi connectivity index (χ0n) is 10.8. The van der Waals surface area contributed by atoms with E-state index in [1.807, 2.05) is 18.2 Å². The number of hydrogen-bond acceptors (Lipinski definition) is 4. The molecule has 1 heterocycles. The molecule has 2 rings (SSSR count). The Hall–Kier alpha value is -0.240. The van der Waals surface area contributed by atoms with Crippen LogP contribution in [0.3, 0.4) is 0 Å². The van der Waals surface area contributed by atoms with Crippen molar-refractivity contribution in [1.29, 1.82) is 0 Å². The monoisotopic (exact) mass is 407 g/mol. The molecule has 0 amide bonds. The van der Waals surface area contributed by atoms with E-state index < -0.39 is 0 Å². The molecule has 19 heavy (non-hydrogen) atoms. The summed E-state index contributed by atoms with van der Waals surface area (Å²) in [5, 5.41) is 14.5. The van der Waals surface area contributed by atoms with Crippen molar-refractivity contribution in [3.05, 3.63) is 31.8 Å². The predicted octanol–water partition coefficient (Wildman–Crippen LogP) is 4.21. The zero-order chi connectivity index (χ0) is 13.8. The number of benzene rings is 1. The van der Waals surface area contributed by atoms with Crippen LogP contribution in [-0.2, 0) is 6.54 Å². The summed E-state index contributed by atoms with van der Waals surface area (Å²) >= 11 is 9.94. The Morgan fingerprint density at radius 2 is 2.16 bits per heavy atom. The number of nitrogens with one attached hydrogen (secondary N) is 1. The van der Waals surface area contributed by atoms with Crippen molar-refractivity contribution < 1.29 is 0 Å². The molecule has 0 aliphatic rings. The Labute approximate surface area is 135 Å². The van der Waals surface area contributed by atoms with Gasteiger partial charge in [0, 0.05) is 20.7 Å². The van der Waals surface area contributed by atoms with Crippen LogP contribution in [0.25, 0.3) is 10.6 Å². The second kappa shape index (κ2) is 6.97. The van der Waals surface area contributed by atoms with E-state index in [4.69, 9.17) is 11.6 Å². The molecule has 6 heteroatoms. The second-order valence-electron chi connectivity index (χ2n) is 4.65. The van der Waals surface area contributed by atoms with Crippen molar-refractivity contribution in [2.45, 2.75) is 20.4 Å². The highest BCUT2D eigenvalue weighted by molar-refractivity contribution is 14.1. The number of nitrogens with zero attached hydrogens (tertiary/aromatic N) is 2. The molecule has 0 aliphatic heterocycles. The summed E-state index contributed by atoms with van der Waals surface area (Å²) in [7, 11) is 0. The van der Waals surface area contributed by atoms with Crippen LogP contribution >= 0.6 is 45.5 Å². The van der Waals surface area contributed by atoms with Crippen molar-refractivity contribution in [2.75, 3.05) is 6.54 Å². The molecule has 0 aliphatic carbocycles. The molecule has 1 aromatic heterocycles. The predicted molar refractivity (Wildman–Crippen MR) is 89.6 cm³/mol. The summed E-state index contributed by atoms with van der Waals surface area (Å²) in [6.07, 6.45) is 0. The van der Waals surface area contributed by atoms with Gasteiger partial charge in [0.1, 0.15) is 10.0 Å². The summed E-state index contributed by atoms with van der Waals surface area (Å²) in [4.78, 5) is 0. The van der Waals surface area contributed by atoms with Crippen molar-refractivity contribution in [3.8, 4) is 10.6 Å². The minimum atomic E-state index is 0.640. The molecule has 1 N–H and O–H groups in total. The normalized spacial score (nSPS) is 11.2. The third-order valence-corrected chi connectivity index (χ3v) is 4.59. The highest BCUT2D eigenvalue weighted by atomic mass is 127. The van der Waals surface area contributed by atoms with E-state index in [0.717, 1.165) is 37.3 Å². The minimum Gasteiger partial charge on any atom is -0.310 e. The van der Waals surface area contributed by atoms with E-state index in [1.165, 1.54) is 0 Å². The highest BCUT2D eigenvalue weighted by Crippen LogP contribution is 2.30. The van der Waals surface area contributed by atoms with Crippen molar-refractivity contribution in [2.24, 2.45) is 5.92 Å². The van der Waals surface area contributed by atoms with E-state index in [1.54, 1.807) is 11.3 Å². The molecule has 102 valence electrons. The van der Waals surface area contributed by atoms with Gasteiger partial charge in [-0.1, -0.05) is 36.8 Å². The van der Waals surface area contributed by atoms with E-state index in [0.29, 0.717) is 5.92 Å². The SMILES string of the molecule is CC(C)CNCc1nnc(-c2cc(Cl)ccc2I)s1. The summed E-state index contributed by atoms with van der Waals surface area (Å²) in [5.74, 6) is 0.640. The van der Waals surface area contributed by atoms with E-state index in [-0.39, 0.29) is 0 Å². The molecule has 0 spiro atoms. The lowest BCUT2D eigenvalue weighted by atomic mass is 10.2. The average Bonchev–Trinajstić information content (AvgIpc) is 2.80. The Morgan fingerprint density at radius 1 is 1.37 bits per heavy atom. The van der Waals surface area contributed by atoms with Crippen molar-refractivity contribution >= 4 is 45.5 Å². The zero-order valence-corrected chi connectivity index (χ0v) is 14.5. The molecule has 0 saturated carbocycles.